The van der Waals surface area contributed by atoms with Gasteiger partial charge in [0.05, 0.1) is 0 Å². The summed E-state index contributed by atoms with van der Waals surface area (Å²) in [6.45, 7) is 0. The predicted octanol–water partition coefficient (Wildman–Crippen LogP) is 3.31. The summed E-state index contributed by atoms with van der Waals surface area (Å²) in [6.07, 6.45) is 0. The smallest absolute Gasteiger partial charge is 0.243 e. The first-order chi connectivity index (χ1) is 8.09. The first-order valence-corrected chi connectivity index (χ1v) is 6.21. The second kappa shape index (κ2) is 5.16. The number of hydrogen-bond donors (Lipinski definition) is 0. The van der Waals surface area contributed by atoms with Gasteiger partial charge in [-0.1, -0.05) is 41.9 Å². The molecule has 88 valence electrons. The van der Waals surface area contributed by atoms with E-state index in [0.29, 0.717) is 10.3 Å². The van der Waals surface area contributed by atoms with E-state index in [4.69, 9.17) is 23.2 Å². The van der Waals surface area contributed by atoms with Crippen LogP contribution in [0.4, 0.5) is 0 Å². The van der Waals surface area contributed by atoms with Crippen LogP contribution in [0.2, 0.25) is 5.28 Å². The highest BCUT2D eigenvalue weighted by atomic mass is 79.9. The Morgan fingerprint density at radius 2 is 2.00 bits per heavy atom. The average Bonchev–Trinajstić information content (AvgIpc) is 2.68. The fraction of sp³-hybridized carbons (Fsp3) is 0.100. The van der Waals surface area contributed by atoms with E-state index in [9.17, 15) is 4.79 Å². The highest BCUT2D eigenvalue weighted by Gasteiger charge is 2.22. The largest absolute Gasteiger partial charge is 0.290 e. The van der Waals surface area contributed by atoms with Gasteiger partial charge in [0.1, 0.15) is 0 Å². The van der Waals surface area contributed by atoms with E-state index in [-0.39, 0.29) is 11.1 Å². The van der Waals surface area contributed by atoms with Gasteiger partial charge in [-0.2, -0.15) is 4.98 Å². The molecule has 1 aromatic heterocycles. The average molecular weight is 335 g/mol. The first kappa shape index (κ1) is 12.5. The summed E-state index contributed by atoms with van der Waals surface area (Å²) >= 11 is 14.8. The summed E-state index contributed by atoms with van der Waals surface area (Å²) in [5.74, 6) is -0.269. The maximum Gasteiger partial charge on any atom is 0.243 e. The van der Waals surface area contributed by atoms with Gasteiger partial charge in [-0.05, 0) is 27.5 Å². The molecule has 2 aromatic rings. The lowest BCUT2D eigenvalue weighted by molar-refractivity contribution is 0.0958. The molecular weight excluding hydrogens is 329 g/mol. The molecular formula is C10H6BrCl2N3O. The molecule has 1 atom stereocenters. The SMILES string of the molecule is O=C(c1ccccc1)C(Cl)n1nc(Cl)nc1Br. The molecule has 4 nitrogen and oxygen atoms in total. The van der Waals surface area contributed by atoms with Crippen LogP contribution in [-0.4, -0.2) is 20.5 Å². The van der Waals surface area contributed by atoms with Crippen LogP contribution < -0.4 is 0 Å². The molecule has 1 aromatic carbocycles. The number of Topliss-reactive ketones (excluding diaryl/α,β-unsaturated/α-hetero) is 1. The Hall–Kier alpha value is -0.910. The van der Waals surface area contributed by atoms with Gasteiger partial charge >= 0.3 is 0 Å². The van der Waals surface area contributed by atoms with Gasteiger partial charge in [-0.3, -0.25) is 4.79 Å². The third kappa shape index (κ3) is 2.68. The standard InChI is InChI=1S/C10H6BrCl2N3O/c11-9-14-10(13)15-16(9)8(12)7(17)6-4-2-1-3-5-6/h1-5,8H. The normalized spacial score (nSPS) is 12.4. The van der Waals surface area contributed by atoms with Crippen molar-refractivity contribution in [3.8, 4) is 0 Å². The van der Waals surface area contributed by atoms with Crippen molar-refractivity contribution >= 4 is 44.9 Å². The van der Waals surface area contributed by atoms with Crippen molar-refractivity contribution in [2.45, 2.75) is 5.50 Å². The highest BCUT2D eigenvalue weighted by Crippen LogP contribution is 2.23. The summed E-state index contributed by atoms with van der Waals surface area (Å²) in [4.78, 5) is 15.8. The highest BCUT2D eigenvalue weighted by molar-refractivity contribution is 9.10. The monoisotopic (exact) mass is 333 g/mol. The van der Waals surface area contributed by atoms with Gasteiger partial charge in [0.15, 0.2) is 10.2 Å². The van der Waals surface area contributed by atoms with Crippen molar-refractivity contribution in [2.75, 3.05) is 0 Å². The summed E-state index contributed by atoms with van der Waals surface area (Å²) < 4.78 is 1.53. The number of ketones is 1. The Balaban J connectivity index is 2.30. The number of rotatable bonds is 3. The van der Waals surface area contributed by atoms with Crippen LogP contribution in [0.3, 0.4) is 0 Å². The van der Waals surface area contributed by atoms with E-state index in [1.54, 1.807) is 24.3 Å². The van der Waals surface area contributed by atoms with Crippen LogP contribution in [0.25, 0.3) is 0 Å². The van der Waals surface area contributed by atoms with Crippen molar-refractivity contribution in [1.82, 2.24) is 14.8 Å². The summed E-state index contributed by atoms with van der Waals surface area (Å²) in [7, 11) is 0. The topological polar surface area (TPSA) is 47.8 Å². The number of hydrogen-bond acceptors (Lipinski definition) is 3. The first-order valence-electron chi connectivity index (χ1n) is 4.60. The van der Waals surface area contributed by atoms with E-state index in [1.165, 1.54) is 4.68 Å². The third-order valence-electron chi connectivity index (χ3n) is 2.05. The number of carbonyl (C=O) groups is 1. The number of nitrogens with zero attached hydrogens (tertiary/aromatic N) is 3. The summed E-state index contributed by atoms with van der Waals surface area (Å²) in [5, 5.41) is 3.86. The Kier molecular flexibility index (Phi) is 3.81. The molecule has 0 saturated carbocycles. The lowest BCUT2D eigenvalue weighted by Crippen LogP contribution is -2.16. The van der Waals surface area contributed by atoms with E-state index < -0.39 is 5.50 Å². The van der Waals surface area contributed by atoms with Gasteiger partial charge in [-0.25, -0.2) is 4.68 Å². The van der Waals surface area contributed by atoms with Crippen molar-refractivity contribution in [1.29, 1.82) is 0 Å². The zero-order valence-corrected chi connectivity index (χ0v) is 11.4. The zero-order valence-electron chi connectivity index (χ0n) is 8.35. The second-order valence-corrected chi connectivity index (χ2v) is 4.62. The number of carbonyl (C=O) groups excluding carboxylic acids is 1. The number of aromatic nitrogens is 3. The van der Waals surface area contributed by atoms with Gasteiger partial charge in [0.2, 0.25) is 11.1 Å². The Labute approximate surface area is 116 Å². The molecule has 17 heavy (non-hydrogen) atoms. The molecule has 0 aliphatic heterocycles. The van der Waals surface area contributed by atoms with Gasteiger partial charge in [0, 0.05) is 5.56 Å². The molecule has 0 aliphatic carbocycles. The molecule has 2 rings (SSSR count). The second-order valence-electron chi connectivity index (χ2n) is 3.16. The lowest BCUT2D eigenvalue weighted by atomic mass is 10.1. The van der Waals surface area contributed by atoms with Crippen molar-refractivity contribution in [3.05, 3.63) is 45.9 Å². The molecule has 0 bridgehead atoms. The number of halogens is 3. The Bertz CT molecular complexity index is 544. The molecule has 7 heteroatoms. The molecule has 0 radical (unpaired) electrons. The lowest BCUT2D eigenvalue weighted by Gasteiger charge is -2.09. The van der Waals surface area contributed by atoms with Crippen LogP contribution in [0, 0.1) is 0 Å². The zero-order chi connectivity index (χ0) is 12.4. The molecule has 0 fully saturated rings. The molecule has 0 saturated heterocycles. The van der Waals surface area contributed by atoms with E-state index in [2.05, 4.69) is 26.0 Å². The van der Waals surface area contributed by atoms with Gasteiger partial charge < -0.3 is 0 Å². The fourth-order valence-electron chi connectivity index (χ4n) is 1.28. The Morgan fingerprint density at radius 1 is 1.35 bits per heavy atom. The minimum absolute atomic E-state index is 0.0309. The van der Waals surface area contributed by atoms with E-state index >= 15 is 0 Å². The van der Waals surface area contributed by atoms with Crippen molar-refractivity contribution in [2.24, 2.45) is 0 Å². The van der Waals surface area contributed by atoms with Crippen LogP contribution in [-0.2, 0) is 0 Å². The van der Waals surface area contributed by atoms with Crippen LogP contribution in [0.15, 0.2) is 35.1 Å². The van der Waals surface area contributed by atoms with E-state index in [0.717, 1.165) is 0 Å². The molecule has 0 spiro atoms. The van der Waals surface area contributed by atoms with E-state index in [1.807, 2.05) is 6.07 Å². The number of alkyl halides is 1. The quantitative estimate of drug-likeness (QED) is 0.639. The summed E-state index contributed by atoms with van der Waals surface area (Å²) in [6, 6.07) is 8.72. The minimum atomic E-state index is -0.980. The van der Waals surface area contributed by atoms with Crippen molar-refractivity contribution in [3.63, 3.8) is 0 Å². The predicted molar refractivity (Wildman–Crippen MR) is 68.4 cm³/mol. The Morgan fingerprint density at radius 3 is 2.53 bits per heavy atom. The third-order valence-corrected chi connectivity index (χ3v) is 3.14. The van der Waals surface area contributed by atoms with Crippen molar-refractivity contribution < 1.29 is 4.79 Å². The molecule has 0 aliphatic rings. The fourth-order valence-corrected chi connectivity index (χ4v) is 2.37. The molecule has 0 N–H and O–H groups in total. The van der Waals surface area contributed by atoms with Gasteiger partial charge in [-0.15, -0.1) is 5.10 Å². The maximum absolute atomic E-state index is 12.0. The minimum Gasteiger partial charge on any atom is -0.290 e. The van der Waals surface area contributed by atoms with Crippen LogP contribution >= 0.6 is 39.1 Å². The van der Waals surface area contributed by atoms with Gasteiger partial charge in [0.25, 0.3) is 0 Å². The number of benzene rings is 1. The molecule has 1 unspecified atom stereocenters. The van der Waals surface area contributed by atoms with Crippen LogP contribution in [0.5, 0.6) is 0 Å². The molecule has 1 heterocycles. The summed E-state index contributed by atoms with van der Waals surface area (Å²) in [5.41, 5.74) is -0.474. The molecule has 0 amide bonds. The maximum atomic E-state index is 12.0. The van der Waals surface area contributed by atoms with Crippen LogP contribution in [0.1, 0.15) is 15.9 Å².